The van der Waals surface area contributed by atoms with Crippen molar-refractivity contribution in [1.29, 1.82) is 5.26 Å². The number of furan rings is 2. The maximum Gasteiger partial charge on any atom is 0.135 e. The van der Waals surface area contributed by atoms with Crippen LogP contribution in [0.4, 0.5) is 0 Å². The maximum atomic E-state index is 10.8. The van der Waals surface area contributed by atoms with Crippen LogP contribution in [0.25, 0.3) is 88.4 Å². The Bertz CT molecular complexity index is 2520. The van der Waals surface area contributed by atoms with Crippen molar-refractivity contribution in [3.63, 3.8) is 0 Å². The molecule has 0 radical (unpaired) electrons. The predicted octanol–water partition coefficient (Wildman–Crippen LogP) is 12.0. The van der Waals surface area contributed by atoms with Crippen LogP contribution < -0.4 is 0 Å². The van der Waals surface area contributed by atoms with Gasteiger partial charge in [0.2, 0.25) is 0 Å². The van der Waals surface area contributed by atoms with E-state index in [9.17, 15) is 5.26 Å². The lowest BCUT2D eigenvalue weighted by atomic mass is 9.86. The highest BCUT2D eigenvalue weighted by Crippen LogP contribution is 2.42. The molecule has 46 heavy (non-hydrogen) atoms. The summed E-state index contributed by atoms with van der Waals surface area (Å²) >= 11 is 0. The van der Waals surface area contributed by atoms with Crippen LogP contribution >= 0.6 is 0 Å². The highest BCUT2D eigenvalue weighted by atomic mass is 16.3. The van der Waals surface area contributed by atoms with E-state index in [1.54, 1.807) is 0 Å². The Balaban J connectivity index is 1.34. The minimum absolute atomic E-state index is 0.625. The first kappa shape index (κ1) is 26.1. The van der Waals surface area contributed by atoms with Gasteiger partial charge in [0.05, 0.1) is 5.56 Å². The van der Waals surface area contributed by atoms with Crippen LogP contribution in [0.15, 0.2) is 160 Å². The molecule has 0 aliphatic carbocycles. The first-order valence-electron chi connectivity index (χ1n) is 15.3. The van der Waals surface area contributed by atoms with Crippen LogP contribution in [0, 0.1) is 11.3 Å². The van der Waals surface area contributed by atoms with E-state index in [2.05, 4.69) is 103 Å². The van der Waals surface area contributed by atoms with Crippen LogP contribution in [0.5, 0.6) is 0 Å². The zero-order valence-electron chi connectivity index (χ0n) is 24.7. The summed E-state index contributed by atoms with van der Waals surface area (Å²) in [6.07, 6.45) is 0. The molecule has 0 N–H and O–H groups in total. The fourth-order valence-electron chi connectivity index (χ4n) is 6.76. The van der Waals surface area contributed by atoms with E-state index in [1.165, 1.54) is 0 Å². The van der Waals surface area contributed by atoms with Crippen molar-refractivity contribution >= 4 is 43.9 Å². The lowest BCUT2D eigenvalue weighted by molar-refractivity contribution is 0.668. The predicted molar refractivity (Wildman–Crippen MR) is 187 cm³/mol. The van der Waals surface area contributed by atoms with Gasteiger partial charge in [-0.3, -0.25) is 0 Å². The second-order valence-corrected chi connectivity index (χ2v) is 11.6. The van der Waals surface area contributed by atoms with E-state index >= 15 is 0 Å². The molecular weight excluding hydrogens is 562 g/mol. The summed E-state index contributed by atoms with van der Waals surface area (Å²) in [5, 5.41) is 15.0. The topological polar surface area (TPSA) is 50.1 Å². The molecule has 0 atom stereocenters. The largest absolute Gasteiger partial charge is 0.456 e. The van der Waals surface area contributed by atoms with E-state index in [0.717, 1.165) is 88.4 Å². The Kier molecular flexibility index (Phi) is 5.88. The van der Waals surface area contributed by atoms with Crippen molar-refractivity contribution in [3.8, 4) is 50.6 Å². The summed E-state index contributed by atoms with van der Waals surface area (Å²) in [6.45, 7) is 0. The van der Waals surface area contributed by atoms with E-state index in [0.29, 0.717) is 5.56 Å². The SMILES string of the molecule is N#Cc1c(-c2ccc3oc4ccccc4c3c2)cc(-c2ccccc2-c2ccccc2)cc1-c1ccc2oc3ccccc3c2c1. The molecule has 3 nitrogen and oxygen atoms in total. The number of fused-ring (bicyclic) bond motifs is 6. The van der Waals surface area contributed by atoms with Crippen molar-refractivity contribution in [3.05, 3.63) is 157 Å². The normalized spacial score (nSPS) is 11.5. The van der Waals surface area contributed by atoms with Crippen LogP contribution in [0.2, 0.25) is 0 Å². The summed E-state index contributed by atoms with van der Waals surface area (Å²) in [5.74, 6) is 0. The fraction of sp³-hybridized carbons (Fsp3) is 0. The zero-order valence-corrected chi connectivity index (χ0v) is 24.7. The van der Waals surface area contributed by atoms with Gasteiger partial charge < -0.3 is 8.83 Å². The monoisotopic (exact) mass is 587 g/mol. The highest BCUT2D eigenvalue weighted by Gasteiger charge is 2.19. The van der Waals surface area contributed by atoms with Crippen LogP contribution in [0.3, 0.4) is 0 Å². The highest BCUT2D eigenvalue weighted by molar-refractivity contribution is 6.08. The Labute approximate surface area is 265 Å². The molecule has 7 aromatic carbocycles. The maximum absolute atomic E-state index is 10.8. The van der Waals surface area contributed by atoms with Gasteiger partial charge in [0.15, 0.2) is 0 Å². The van der Waals surface area contributed by atoms with Gasteiger partial charge in [0.25, 0.3) is 0 Å². The van der Waals surface area contributed by atoms with Gasteiger partial charge in [0.1, 0.15) is 28.4 Å². The molecule has 3 heteroatoms. The van der Waals surface area contributed by atoms with E-state index in [4.69, 9.17) is 8.83 Å². The molecule has 9 aromatic rings. The molecule has 0 bridgehead atoms. The molecule has 2 heterocycles. The Morgan fingerprint density at radius 2 is 0.804 bits per heavy atom. The van der Waals surface area contributed by atoms with Gasteiger partial charge in [-0.25, -0.2) is 0 Å². The number of nitrogens with zero attached hydrogens (tertiary/aromatic N) is 1. The minimum Gasteiger partial charge on any atom is -0.456 e. The summed E-state index contributed by atoms with van der Waals surface area (Å²) in [7, 11) is 0. The minimum atomic E-state index is 0.625. The molecule has 0 aliphatic heterocycles. The summed E-state index contributed by atoms with van der Waals surface area (Å²) in [6, 6.07) is 54.5. The quantitative estimate of drug-likeness (QED) is 0.206. The summed E-state index contributed by atoms with van der Waals surface area (Å²) in [5.41, 5.74) is 12.1. The number of benzene rings is 7. The van der Waals surface area contributed by atoms with Gasteiger partial charge in [-0.05, 0) is 81.9 Å². The van der Waals surface area contributed by atoms with Crippen LogP contribution in [-0.4, -0.2) is 0 Å². The van der Waals surface area contributed by atoms with Gasteiger partial charge in [0, 0.05) is 32.7 Å². The van der Waals surface area contributed by atoms with E-state index < -0.39 is 0 Å². The molecule has 0 unspecified atom stereocenters. The number of para-hydroxylation sites is 2. The Morgan fingerprint density at radius 1 is 0.348 bits per heavy atom. The number of hydrogen-bond acceptors (Lipinski definition) is 3. The van der Waals surface area contributed by atoms with Gasteiger partial charge >= 0.3 is 0 Å². The van der Waals surface area contributed by atoms with Crippen molar-refractivity contribution in [1.82, 2.24) is 0 Å². The standard InChI is InChI=1S/C43H25NO2/c44-26-39-35(28-18-20-42-37(22-28)33-14-6-8-16-40(33)45-42)24-30(32-13-5-4-12-31(32)27-10-2-1-3-11-27)25-36(39)29-19-21-43-38(23-29)34-15-7-9-17-41(34)46-43/h1-25H. The van der Waals surface area contributed by atoms with Gasteiger partial charge in [-0.2, -0.15) is 5.26 Å². The Hall–Kier alpha value is -6.37. The van der Waals surface area contributed by atoms with Crippen molar-refractivity contribution < 1.29 is 8.83 Å². The summed E-state index contributed by atoms with van der Waals surface area (Å²) in [4.78, 5) is 0. The third kappa shape index (κ3) is 4.13. The molecule has 0 amide bonds. The van der Waals surface area contributed by atoms with Gasteiger partial charge in [-0.15, -0.1) is 0 Å². The molecule has 214 valence electrons. The molecule has 0 fully saturated rings. The third-order valence-electron chi connectivity index (χ3n) is 8.95. The van der Waals surface area contributed by atoms with Crippen molar-refractivity contribution in [2.45, 2.75) is 0 Å². The van der Waals surface area contributed by atoms with Crippen molar-refractivity contribution in [2.75, 3.05) is 0 Å². The molecule has 0 spiro atoms. The molecule has 0 saturated carbocycles. The lowest BCUT2D eigenvalue weighted by Crippen LogP contribution is -1.94. The third-order valence-corrected chi connectivity index (χ3v) is 8.95. The number of rotatable bonds is 4. The molecular formula is C43H25NO2. The van der Waals surface area contributed by atoms with Crippen LogP contribution in [0.1, 0.15) is 5.56 Å². The average molecular weight is 588 g/mol. The fourth-order valence-corrected chi connectivity index (χ4v) is 6.76. The van der Waals surface area contributed by atoms with E-state index in [1.807, 2.05) is 54.6 Å². The van der Waals surface area contributed by atoms with E-state index in [-0.39, 0.29) is 0 Å². The molecule has 9 rings (SSSR count). The first-order valence-corrected chi connectivity index (χ1v) is 15.3. The second kappa shape index (κ2) is 10.4. The van der Waals surface area contributed by atoms with Crippen molar-refractivity contribution in [2.24, 2.45) is 0 Å². The summed E-state index contributed by atoms with van der Waals surface area (Å²) < 4.78 is 12.3. The van der Waals surface area contributed by atoms with Crippen LogP contribution in [-0.2, 0) is 0 Å². The number of hydrogen-bond donors (Lipinski definition) is 0. The lowest BCUT2D eigenvalue weighted by Gasteiger charge is -2.17. The Morgan fingerprint density at radius 3 is 1.35 bits per heavy atom. The molecule has 0 aliphatic rings. The second-order valence-electron chi connectivity index (χ2n) is 11.6. The average Bonchev–Trinajstić information content (AvgIpc) is 3.69. The molecule has 2 aromatic heterocycles. The molecule has 0 saturated heterocycles. The van der Waals surface area contributed by atoms with Gasteiger partial charge in [-0.1, -0.05) is 103 Å². The first-order chi connectivity index (χ1) is 22.7. The smallest absolute Gasteiger partial charge is 0.135 e. The zero-order chi connectivity index (χ0) is 30.6. The number of nitriles is 1.